The number of fused-ring (bicyclic) bond motifs is 1. The van der Waals surface area contributed by atoms with Gasteiger partial charge < -0.3 is 18.8 Å². The third kappa shape index (κ3) is 5.08. The van der Waals surface area contributed by atoms with E-state index in [1.165, 1.54) is 12.3 Å². The van der Waals surface area contributed by atoms with Crippen LogP contribution in [-0.4, -0.2) is 34.7 Å². The van der Waals surface area contributed by atoms with Crippen LogP contribution in [0.5, 0.6) is 5.88 Å². The van der Waals surface area contributed by atoms with Crippen LogP contribution >= 0.6 is 0 Å². The number of carbonyl (C=O) groups is 1. The number of halogens is 1. The Hall–Kier alpha value is -3.60. The second-order valence-corrected chi connectivity index (χ2v) is 9.09. The molecule has 1 saturated heterocycles. The summed E-state index contributed by atoms with van der Waals surface area (Å²) < 4.78 is 31.2. The van der Waals surface area contributed by atoms with E-state index in [0.717, 1.165) is 18.5 Å². The molecule has 0 radical (unpaired) electrons. The highest BCUT2D eigenvalue weighted by atomic mass is 19.1. The van der Waals surface area contributed by atoms with E-state index in [9.17, 15) is 14.4 Å². The standard InChI is InChI=1S/C25H26FN3O4/c1-25(2,3)33-24(30)29-10-7-16(8-11-29)21-5-4-6-22(28-21)32-15-19-20(26)13-17(14-27)18-9-12-31-23(18)19/h4-6,9,12-13,16H,7-8,10-11,15H2,1-3H3. The van der Waals surface area contributed by atoms with Crippen molar-refractivity contribution in [1.82, 2.24) is 9.88 Å². The molecule has 3 heterocycles. The summed E-state index contributed by atoms with van der Waals surface area (Å²) in [6, 6.07) is 10.3. The first-order valence-electron chi connectivity index (χ1n) is 10.9. The minimum atomic E-state index is -0.556. The quantitative estimate of drug-likeness (QED) is 0.518. The lowest BCUT2D eigenvalue weighted by molar-refractivity contribution is 0.0204. The molecule has 7 nitrogen and oxygen atoms in total. The molecule has 8 heteroatoms. The van der Waals surface area contributed by atoms with Crippen LogP contribution in [0.4, 0.5) is 9.18 Å². The molecule has 4 rings (SSSR count). The predicted molar refractivity (Wildman–Crippen MR) is 119 cm³/mol. The minimum Gasteiger partial charge on any atom is -0.473 e. The van der Waals surface area contributed by atoms with Crippen molar-refractivity contribution in [3.05, 3.63) is 59.2 Å². The number of benzene rings is 1. The Morgan fingerprint density at radius 2 is 2.06 bits per heavy atom. The topological polar surface area (TPSA) is 88.6 Å². The number of nitriles is 1. The van der Waals surface area contributed by atoms with E-state index >= 15 is 0 Å². The molecular formula is C25H26FN3O4. The summed E-state index contributed by atoms with van der Waals surface area (Å²) in [4.78, 5) is 18.6. The van der Waals surface area contributed by atoms with Crippen molar-refractivity contribution in [2.24, 2.45) is 0 Å². The van der Waals surface area contributed by atoms with Gasteiger partial charge in [0.1, 0.15) is 23.6 Å². The molecule has 172 valence electrons. The van der Waals surface area contributed by atoms with Gasteiger partial charge in [-0.05, 0) is 51.8 Å². The number of ether oxygens (including phenoxy) is 2. The molecule has 0 aliphatic carbocycles. The number of piperidine rings is 1. The molecule has 33 heavy (non-hydrogen) atoms. The number of hydrogen-bond donors (Lipinski definition) is 0. The Morgan fingerprint density at radius 3 is 2.76 bits per heavy atom. The molecule has 2 aromatic heterocycles. The fourth-order valence-corrected chi connectivity index (χ4v) is 3.95. The van der Waals surface area contributed by atoms with E-state index in [0.29, 0.717) is 29.9 Å². The summed E-state index contributed by atoms with van der Waals surface area (Å²) in [6.45, 7) is 6.68. The Labute approximate surface area is 191 Å². The second kappa shape index (κ2) is 9.10. The lowest BCUT2D eigenvalue weighted by Crippen LogP contribution is -2.41. The zero-order valence-electron chi connectivity index (χ0n) is 18.9. The maximum absolute atomic E-state index is 14.6. The van der Waals surface area contributed by atoms with Crippen LogP contribution in [0, 0.1) is 17.1 Å². The van der Waals surface area contributed by atoms with Crippen LogP contribution in [0.15, 0.2) is 41.0 Å². The van der Waals surface area contributed by atoms with Crippen molar-refractivity contribution in [1.29, 1.82) is 5.26 Å². The third-order valence-corrected chi connectivity index (χ3v) is 5.58. The first-order chi connectivity index (χ1) is 15.7. The van der Waals surface area contributed by atoms with Crippen molar-refractivity contribution >= 4 is 17.1 Å². The monoisotopic (exact) mass is 451 g/mol. The van der Waals surface area contributed by atoms with E-state index in [2.05, 4.69) is 4.98 Å². The zero-order valence-corrected chi connectivity index (χ0v) is 18.9. The van der Waals surface area contributed by atoms with Crippen molar-refractivity contribution in [3.8, 4) is 11.9 Å². The molecule has 3 aromatic rings. The largest absolute Gasteiger partial charge is 0.473 e. The van der Waals surface area contributed by atoms with Gasteiger partial charge in [0.05, 0.1) is 23.5 Å². The van der Waals surface area contributed by atoms with Crippen LogP contribution in [0.3, 0.4) is 0 Å². The number of amides is 1. The van der Waals surface area contributed by atoms with Gasteiger partial charge in [-0.1, -0.05) is 6.07 Å². The van der Waals surface area contributed by atoms with Gasteiger partial charge >= 0.3 is 6.09 Å². The van der Waals surface area contributed by atoms with Crippen LogP contribution in [-0.2, 0) is 11.3 Å². The molecule has 0 atom stereocenters. The lowest BCUT2D eigenvalue weighted by atomic mass is 9.93. The third-order valence-electron chi connectivity index (χ3n) is 5.58. The van der Waals surface area contributed by atoms with E-state index < -0.39 is 11.4 Å². The number of aromatic nitrogens is 1. The second-order valence-electron chi connectivity index (χ2n) is 9.09. The molecule has 0 N–H and O–H groups in total. The van der Waals surface area contributed by atoms with Crippen LogP contribution in [0.1, 0.15) is 56.4 Å². The zero-order chi connectivity index (χ0) is 23.6. The fourth-order valence-electron chi connectivity index (χ4n) is 3.95. The van der Waals surface area contributed by atoms with E-state index in [1.807, 2.05) is 39.0 Å². The van der Waals surface area contributed by atoms with Gasteiger partial charge in [-0.2, -0.15) is 5.26 Å². The first-order valence-corrected chi connectivity index (χ1v) is 10.9. The lowest BCUT2D eigenvalue weighted by Gasteiger charge is -2.33. The highest BCUT2D eigenvalue weighted by molar-refractivity contribution is 5.86. The van der Waals surface area contributed by atoms with Crippen molar-refractivity contribution in [3.63, 3.8) is 0 Å². The van der Waals surface area contributed by atoms with Gasteiger partial charge in [0, 0.05) is 36.2 Å². The molecule has 1 fully saturated rings. The summed E-state index contributed by atoms with van der Waals surface area (Å²) >= 11 is 0. The Balaban J connectivity index is 1.41. The molecule has 1 aliphatic rings. The number of carbonyl (C=O) groups excluding carboxylic acids is 1. The number of rotatable bonds is 4. The van der Waals surface area contributed by atoms with Gasteiger partial charge in [0.2, 0.25) is 5.88 Å². The van der Waals surface area contributed by atoms with E-state index in [1.54, 1.807) is 17.0 Å². The molecular weight excluding hydrogens is 425 g/mol. The number of likely N-dealkylation sites (tertiary alicyclic amines) is 1. The molecule has 0 bridgehead atoms. The minimum absolute atomic E-state index is 0.0743. The summed E-state index contributed by atoms with van der Waals surface area (Å²) in [5.74, 6) is 0.0147. The summed E-state index contributed by atoms with van der Waals surface area (Å²) in [6.07, 6.45) is 2.68. The molecule has 1 amide bonds. The van der Waals surface area contributed by atoms with Gasteiger partial charge in [-0.15, -0.1) is 0 Å². The Bertz CT molecular complexity index is 1200. The van der Waals surface area contributed by atoms with Gasteiger partial charge in [0.25, 0.3) is 0 Å². The number of hydrogen-bond acceptors (Lipinski definition) is 6. The van der Waals surface area contributed by atoms with Gasteiger partial charge in [0.15, 0.2) is 0 Å². The summed E-state index contributed by atoms with van der Waals surface area (Å²) in [5.41, 5.74) is 1.12. The van der Waals surface area contributed by atoms with Crippen LogP contribution in [0.2, 0.25) is 0 Å². The highest BCUT2D eigenvalue weighted by Crippen LogP contribution is 2.30. The van der Waals surface area contributed by atoms with Crippen molar-refractivity contribution in [2.75, 3.05) is 13.1 Å². The number of pyridine rings is 1. The van der Waals surface area contributed by atoms with Gasteiger partial charge in [-0.3, -0.25) is 0 Å². The summed E-state index contributed by atoms with van der Waals surface area (Å²) in [5, 5.41) is 9.75. The van der Waals surface area contributed by atoms with Crippen LogP contribution < -0.4 is 4.74 Å². The smallest absolute Gasteiger partial charge is 0.410 e. The van der Waals surface area contributed by atoms with E-state index in [4.69, 9.17) is 13.9 Å². The van der Waals surface area contributed by atoms with Crippen LogP contribution in [0.25, 0.3) is 11.0 Å². The average Bonchev–Trinajstić information content (AvgIpc) is 3.27. The first kappa shape index (κ1) is 22.6. The van der Waals surface area contributed by atoms with Gasteiger partial charge in [-0.25, -0.2) is 14.2 Å². The highest BCUT2D eigenvalue weighted by Gasteiger charge is 2.28. The SMILES string of the molecule is CC(C)(C)OC(=O)N1CCC(c2cccc(OCc3c(F)cc(C#N)c4ccoc34)n2)CC1. The normalized spacial score (nSPS) is 14.8. The fraction of sp³-hybridized carbons (Fsp3) is 0.400. The molecule has 0 saturated carbocycles. The maximum atomic E-state index is 14.6. The molecule has 0 spiro atoms. The average molecular weight is 451 g/mol. The maximum Gasteiger partial charge on any atom is 0.410 e. The van der Waals surface area contributed by atoms with E-state index in [-0.39, 0.29) is 29.7 Å². The Kier molecular flexibility index (Phi) is 6.23. The predicted octanol–water partition coefficient (Wildman–Crippen LogP) is 5.53. The number of nitrogens with zero attached hydrogens (tertiary/aromatic N) is 3. The number of furan rings is 1. The van der Waals surface area contributed by atoms with Crippen molar-refractivity contribution < 1.29 is 23.1 Å². The summed E-state index contributed by atoms with van der Waals surface area (Å²) in [7, 11) is 0. The molecule has 0 unspecified atom stereocenters. The Morgan fingerprint density at radius 1 is 1.30 bits per heavy atom. The van der Waals surface area contributed by atoms with Crippen molar-refractivity contribution in [2.45, 2.75) is 51.7 Å². The molecule has 1 aromatic carbocycles. The molecule has 1 aliphatic heterocycles.